The van der Waals surface area contributed by atoms with Gasteiger partial charge in [-0.1, -0.05) is 0 Å². The lowest BCUT2D eigenvalue weighted by atomic mass is 10.1. The van der Waals surface area contributed by atoms with Crippen LogP contribution in [-0.4, -0.2) is 44.1 Å². The Balaban J connectivity index is 1.64. The summed E-state index contributed by atoms with van der Waals surface area (Å²) in [6.45, 7) is 2.74. The molecule has 1 amide bonds. The molecule has 4 nitrogen and oxygen atoms in total. The Hall–Kier alpha value is -2.08. The first kappa shape index (κ1) is 16.8. The molecule has 24 heavy (non-hydrogen) atoms. The second-order valence-electron chi connectivity index (χ2n) is 5.60. The number of hydrogen-bond donors (Lipinski definition) is 0. The summed E-state index contributed by atoms with van der Waals surface area (Å²) in [5.74, 6) is 0.474. The maximum absolute atomic E-state index is 13.0. The Morgan fingerprint density at radius 3 is 2.33 bits per heavy atom. The predicted octanol–water partition coefficient (Wildman–Crippen LogP) is 3.56. The molecule has 0 aliphatic carbocycles. The predicted molar refractivity (Wildman–Crippen MR) is 95.2 cm³/mol. The molecule has 0 atom stereocenters. The molecule has 0 aromatic heterocycles. The minimum absolute atomic E-state index is 0.0112. The number of methoxy groups -OCH3 is 1. The molecule has 126 valence electrons. The fourth-order valence-electron chi connectivity index (χ4n) is 2.80. The molecule has 6 heteroatoms. The number of piperazine rings is 1. The Morgan fingerprint density at radius 2 is 1.75 bits per heavy atom. The molecule has 1 fully saturated rings. The maximum Gasteiger partial charge on any atom is 0.254 e. The van der Waals surface area contributed by atoms with Gasteiger partial charge in [-0.2, -0.15) is 0 Å². The van der Waals surface area contributed by atoms with E-state index in [4.69, 9.17) is 4.74 Å². The van der Waals surface area contributed by atoms with E-state index in [0.29, 0.717) is 24.4 Å². The fraction of sp³-hybridized carbons (Fsp3) is 0.278. The van der Waals surface area contributed by atoms with Crippen molar-refractivity contribution < 1.29 is 13.9 Å². The van der Waals surface area contributed by atoms with Crippen molar-refractivity contribution in [2.24, 2.45) is 0 Å². The Kier molecular flexibility index (Phi) is 5.04. The molecule has 2 aromatic carbocycles. The number of amides is 1. The van der Waals surface area contributed by atoms with Crippen molar-refractivity contribution in [3.05, 3.63) is 58.3 Å². The number of halogens is 2. The normalized spacial score (nSPS) is 14.6. The van der Waals surface area contributed by atoms with Crippen molar-refractivity contribution in [1.29, 1.82) is 0 Å². The Morgan fingerprint density at radius 1 is 1.08 bits per heavy atom. The monoisotopic (exact) mass is 392 g/mol. The molecule has 0 N–H and O–H groups in total. The highest BCUT2D eigenvalue weighted by molar-refractivity contribution is 9.10. The van der Waals surface area contributed by atoms with Crippen molar-refractivity contribution in [2.45, 2.75) is 0 Å². The number of ether oxygens (including phenoxy) is 1. The van der Waals surface area contributed by atoms with E-state index in [1.54, 1.807) is 37.4 Å². The second kappa shape index (κ2) is 7.21. The summed E-state index contributed by atoms with van der Waals surface area (Å²) in [6.07, 6.45) is 0. The van der Waals surface area contributed by atoms with E-state index in [1.807, 2.05) is 4.90 Å². The quantitative estimate of drug-likeness (QED) is 0.800. The van der Waals surface area contributed by atoms with E-state index < -0.39 is 0 Å². The van der Waals surface area contributed by atoms with Gasteiger partial charge in [-0.15, -0.1) is 0 Å². The van der Waals surface area contributed by atoms with Crippen LogP contribution in [0.4, 0.5) is 10.1 Å². The standard InChI is InChI=1S/C18H18BrFN2O2/c1-24-17-7-2-13(12-16(17)19)18(23)22-10-8-21(9-11-22)15-5-3-14(20)4-6-15/h2-7,12H,8-11H2,1H3. The van der Waals surface area contributed by atoms with Crippen LogP contribution in [0.25, 0.3) is 0 Å². The zero-order chi connectivity index (χ0) is 17.1. The average Bonchev–Trinajstić information content (AvgIpc) is 2.62. The molecule has 1 heterocycles. The van der Waals surface area contributed by atoms with Crippen LogP contribution >= 0.6 is 15.9 Å². The minimum atomic E-state index is -0.238. The molecule has 1 aliphatic heterocycles. The zero-order valence-electron chi connectivity index (χ0n) is 13.3. The summed E-state index contributed by atoms with van der Waals surface area (Å²) in [4.78, 5) is 16.6. The third-order valence-corrected chi connectivity index (χ3v) is 4.78. The highest BCUT2D eigenvalue weighted by Gasteiger charge is 2.22. The second-order valence-corrected chi connectivity index (χ2v) is 6.46. The fourth-order valence-corrected chi connectivity index (χ4v) is 3.34. The number of carbonyl (C=O) groups is 1. The first-order valence-electron chi connectivity index (χ1n) is 7.72. The van der Waals surface area contributed by atoms with Crippen LogP contribution in [0.1, 0.15) is 10.4 Å². The van der Waals surface area contributed by atoms with Crippen molar-refractivity contribution in [2.75, 3.05) is 38.2 Å². The van der Waals surface area contributed by atoms with E-state index in [0.717, 1.165) is 23.2 Å². The molecule has 1 saturated heterocycles. The van der Waals surface area contributed by atoms with E-state index in [9.17, 15) is 9.18 Å². The third-order valence-electron chi connectivity index (χ3n) is 4.16. The smallest absolute Gasteiger partial charge is 0.254 e. The highest BCUT2D eigenvalue weighted by Crippen LogP contribution is 2.26. The van der Waals surface area contributed by atoms with Crippen LogP contribution in [0.2, 0.25) is 0 Å². The molecule has 0 radical (unpaired) electrons. The third kappa shape index (κ3) is 3.53. The van der Waals surface area contributed by atoms with E-state index >= 15 is 0 Å². The van der Waals surface area contributed by atoms with Gasteiger partial charge in [0.1, 0.15) is 11.6 Å². The van der Waals surface area contributed by atoms with Gasteiger partial charge in [0.05, 0.1) is 11.6 Å². The molecular formula is C18H18BrFN2O2. The lowest BCUT2D eigenvalue weighted by molar-refractivity contribution is 0.0746. The van der Waals surface area contributed by atoms with Gasteiger partial charge in [0, 0.05) is 37.4 Å². The summed E-state index contributed by atoms with van der Waals surface area (Å²) < 4.78 is 19.0. The summed E-state index contributed by atoms with van der Waals surface area (Å²) >= 11 is 3.41. The Bertz CT molecular complexity index is 728. The zero-order valence-corrected chi connectivity index (χ0v) is 14.9. The van der Waals surface area contributed by atoms with Crippen molar-refractivity contribution in [3.63, 3.8) is 0 Å². The highest BCUT2D eigenvalue weighted by atomic mass is 79.9. The number of carbonyl (C=O) groups excluding carboxylic acids is 1. The van der Waals surface area contributed by atoms with Crippen molar-refractivity contribution in [3.8, 4) is 5.75 Å². The molecule has 1 aliphatic rings. The number of benzene rings is 2. The summed E-state index contributed by atoms with van der Waals surface area (Å²) in [5, 5.41) is 0. The van der Waals surface area contributed by atoms with Gasteiger partial charge in [-0.3, -0.25) is 4.79 Å². The largest absolute Gasteiger partial charge is 0.496 e. The van der Waals surface area contributed by atoms with Gasteiger partial charge >= 0.3 is 0 Å². The van der Waals surface area contributed by atoms with Gasteiger partial charge in [0.25, 0.3) is 5.91 Å². The van der Waals surface area contributed by atoms with Crippen LogP contribution in [0.5, 0.6) is 5.75 Å². The maximum atomic E-state index is 13.0. The first-order valence-corrected chi connectivity index (χ1v) is 8.51. The van der Waals surface area contributed by atoms with E-state index in [1.165, 1.54) is 12.1 Å². The van der Waals surface area contributed by atoms with Crippen molar-refractivity contribution in [1.82, 2.24) is 4.90 Å². The SMILES string of the molecule is COc1ccc(C(=O)N2CCN(c3ccc(F)cc3)CC2)cc1Br. The van der Waals surface area contributed by atoms with Crippen LogP contribution in [0.15, 0.2) is 46.9 Å². The molecule has 0 bridgehead atoms. The summed E-state index contributed by atoms with van der Waals surface area (Å²) in [5.41, 5.74) is 1.62. The number of rotatable bonds is 3. The summed E-state index contributed by atoms with van der Waals surface area (Å²) in [7, 11) is 1.59. The van der Waals surface area contributed by atoms with Gasteiger partial charge in [-0.25, -0.2) is 4.39 Å². The molecule has 0 saturated carbocycles. The first-order chi connectivity index (χ1) is 11.6. The van der Waals surface area contributed by atoms with Gasteiger partial charge < -0.3 is 14.5 Å². The van der Waals surface area contributed by atoms with Crippen LogP contribution in [0.3, 0.4) is 0 Å². The lowest BCUT2D eigenvalue weighted by Gasteiger charge is -2.36. The number of anilines is 1. The van der Waals surface area contributed by atoms with E-state index in [-0.39, 0.29) is 11.7 Å². The van der Waals surface area contributed by atoms with E-state index in [2.05, 4.69) is 20.8 Å². The number of hydrogen-bond acceptors (Lipinski definition) is 3. The van der Waals surface area contributed by atoms with Crippen LogP contribution in [0, 0.1) is 5.82 Å². The Labute approximate surface area is 149 Å². The van der Waals surface area contributed by atoms with Gasteiger partial charge in [0.2, 0.25) is 0 Å². The molecule has 2 aromatic rings. The van der Waals surface area contributed by atoms with Gasteiger partial charge in [0.15, 0.2) is 0 Å². The molecule has 0 unspecified atom stereocenters. The summed E-state index contributed by atoms with van der Waals surface area (Å²) in [6, 6.07) is 11.8. The average molecular weight is 393 g/mol. The number of nitrogens with zero attached hydrogens (tertiary/aromatic N) is 2. The minimum Gasteiger partial charge on any atom is -0.496 e. The van der Waals surface area contributed by atoms with Gasteiger partial charge in [-0.05, 0) is 58.4 Å². The molecule has 3 rings (SSSR count). The molecule has 0 spiro atoms. The lowest BCUT2D eigenvalue weighted by Crippen LogP contribution is -2.48. The topological polar surface area (TPSA) is 32.8 Å². The van der Waals surface area contributed by atoms with Crippen molar-refractivity contribution >= 4 is 27.5 Å². The van der Waals surface area contributed by atoms with Crippen LogP contribution < -0.4 is 9.64 Å². The van der Waals surface area contributed by atoms with Crippen LogP contribution in [-0.2, 0) is 0 Å². The molecular weight excluding hydrogens is 375 g/mol.